The number of halogens is 1. The van der Waals surface area contributed by atoms with Crippen LogP contribution in [0.3, 0.4) is 0 Å². The average Bonchev–Trinajstić information content (AvgIpc) is 2.18. The number of carbonyl (C=O) groups is 2. The van der Waals surface area contributed by atoms with Crippen molar-refractivity contribution in [3.8, 4) is 0 Å². The molecule has 0 radical (unpaired) electrons. The second kappa shape index (κ2) is 5.05. The predicted octanol–water partition coefficient (Wildman–Crippen LogP) is 2.31. The highest BCUT2D eigenvalue weighted by Gasteiger charge is 2.03. The molecular weight excluding hydrogens is 244 g/mol. The molecule has 0 unspecified atom stereocenters. The Morgan fingerprint density at radius 3 is 2.71 bits per heavy atom. The third-order valence-electron chi connectivity index (χ3n) is 2.01. The van der Waals surface area contributed by atoms with Crippen LogP contribution in [0.5, 0.6) is 0 Å². The summed E-state index contributed by atoms with van der Waals surface area (Å²) in [5.74, 6) is 0.142. The molecule has 0 heterocycles. The molecule has 1 aromatic carbocycles. The van der Waals surface area contributed by atoms with Gasteiger partial charge >= 0.3 is 0 Å². The van der Waals surface area contributed by atoms with Gasteiger partial charge in [0.25, 0.3) is 0 Å². The minimum absolute atomic E-state index is 0.142. The Hall–Kier alpha value is -0.960. The number of Topliss-reactive ketones (excluding diaryl/α,β-unsaturated/α-hetero) is 1. The molecule has 14 heavy (non-hydrogen) atoms. The zero-order valence-corrected chi connectivity index (χ0v) is 9.50. The van der Waals surface area contributed by atoms with E-state index in [1.807, 2.05) is 19.1 Å². The molecule has 3 heteroatoms. The van der Waals surface area contributed by atoms with Crippen LogP contribution in [0.4, 0.5) is 0 Å². The van der Waals surface area contributed by atoms with Crippen molar-refractivity contribution in [1.29, 1.82) is 0 Å². The van der Waals surface area contributed by atoms with Gasteiger partial charge in [0.1, 0.15) is 12.1 Å². The first-order valence-electron chi connectivity index (χ1n) is 4.29. The maximum Gasteiger partial charge on any atom is 0.150 e. The minimum Gasteiger partial charge on any atom is -0.298 e. The van der Waals surface area contributed by atoms with Gasteiger partial charge < -0.3 is 0 Å². The van der Waals surface area contributed by atoms with Gasteiger partial charge in [-0.15, -0.1) is 0 Å². The Kier molecular flexibility index (Phi) is 4.01. The molecule has 0 fully saturated rings. The number of hydrogen-bond donors (Lipinski definition) is 0. The minimum atomic E-state index is 0.142. The lowest BCUT2D eigenvalue weighted by atomic mass is 10.0. The van der Waals surface area contributed by atoms with Crippen LogP contribution in [0.2, 0.25) is 0 Å². The van der Waals surface area contributed by atoms with Crippen LogP contribution in [-0.4, -0.2) is 17.4 Å². The summed E-state index contributed by atoms with van der Waals surface area (Å²) in [6.07, 6.45) is 1.25. The molecule has 0 saturated carbocycles. The molecule has 0 bridgehead atoms. The summed E-state index contributed by atoms with van der Waals surface area (Å²) in [4.78, 5) is 21.7. The lowest BCUT2D eigenvalue weighted by molar-refractivity contribution is -0.115. The molecule has 1 rings (SSSR count). The van der Waals surface area contributed by atoms with Gasteiger partial charge in [-0.2, -0.15) is 0 Å². The fourth-order valence-corrected chi connectivity index (χ4v) is 1.45. The summed E-state index contributed by atoms with van der Waals surface area (Å²) in [6, 6.07) is 5.45. The number of aryl methyl sites for hydroxylation is 1. The van der Waals surface area contributed by atoms with Crippen molar-refractivity contribution in [3.63, 3.8) is 0 Å². The summed E-state index contributed by atoms with van der Waals surface area (Å²) in [5, 5.41) is 0.376. The molecule has 2 nitrogen and oxygen atoms in total. The number of carbonyl (C=O) groups excluding carboxylic acids is 2. The van der Waals surface area contributed by atoms with Gasteiger partial charge in [0.15, 0.2) is 0 Å². The van der Waals surface area contributed by atoms with Crippen molar-refractivity contribution < 1.29 is 9.59 Å². The first-order valence-corrected chi connectivity index (χ1v) is 5.42. The standard InChI is InChI=1S/C11H11BrO2/c1-8-4-9(5-11(14)6-12)2-3-10(8)7-13/h2-4,7H,5-6H2,1H3. The number of ketones is 1. The van der Waals surface area contributed by atoms with Crippen LogP contribution < -0.4 is 0 Å². The molecule has 0 N–H and O–H groups in total. The van der Waals surface area contributed by atoms with Crippen molar-refractivity contribution in [3.05, 3.63) is 34.9 Å². The lowest BCUT2D eigenvalue weighted by Gasteiger charge is -2.02. The van der Waals surface area contributed by atoms with E-state index in [1.165, 1.54) is 0 Å². The number of benzene rings is 1. The first-order chi connectivity index (χ1) is 6.67. The van der Waals surface area contributed by atoms with Crippen LogP contribution >= 0.6 is 15.9 Å². The number of rotatable bonds is 4. The van der Waals surface area contributed by atoms with Gasteiger partial charge in [-0.05, 0) is 18.1 Å². The zero-order chi connectivity index (χ0) is 10.6. The highest BCUT2D eigenvalue weighted by molar-refractivity contribution is 9.09. The van der Waals surface area contributed by atoms with E-state index in [9.17, 15) is 9.59 Å². The molecule has 0 spiro atoms. The first kappa shape index (κ1) is 11.1. The second-order valence-electron chi connectivity index (χ2n) is 3.16. The van der Waals surface area contributed by atoms with Gasteiger partial charge in [0, 0.05) is 12.0 Å². The summed E-state index contributed by atoms with van der Waals surface area (Å²) >= 11 is 3.11. The van der Waals surface area contributed by atoms with Crippen molar-refractivity contribution in [2.45, 2.75) is 13.3 Å². The van der Waals surface area contributed by atoms with Crippen molar-refractivity contribution in [2.24, 2.45) is 0 Å². The van der Waals surface area contributed by atoms with E-state index >= 15 is 0 Å². The smallest absolute Gasteiger partial charge is 0.150 e. The summed E-state index contributed by atoms with van der Waals surface area (Å²) in [5.41, 5.74) is 2.55. The molecule has 0 saturated heterocycles. The number of aldehydes is 1. The summed E-state index contributed by atoms with van der Waals surface area (Å²) in [6.45, 7) is 1.87. The van der Waals surface area contributed by atoms with Gasteiger partial charge in [-0.3, -0.25) is 9.59 Å². The summed E-state index contributed by atoms with van der Waals surface area (Å²) in [7, 11) is 0. The van der Waals surface area contributed by atoms with Crippen molar-refractivity contribution >= 4 is 28.0 Å². The third kappa shape index (κ3) is 2.77. The van der Waals surface area contributed by atoms with Crippen LogP contribution in [0.15, 0.2) is 18.2 Å². The van der Waals surface area contributed by atoms with Crippen LogP contribution in [0.1, 0.15) is 21.5 Å². The summed E-state index contributed by atoms with van der Waals surface area (Å²) < 4.78 is 0. The topological polar surface area (TPSA) is 34.1 Å². The third-order valence-corrected chi connectivity index (χ3v) is 2.64. The van der Waals surface area contributed by atoms with E-state index in [2.05, 4.69) is 15.9 Å². The van der Waals surface area contributed by atoms with Gasteiger partial charge in [0.2, 0.25) is 0 Å². The van der Waals surface area contributed by atoms with Crippen LogP contribution in [0, 0.1) is 6.92 Å². The Morgan fingerprint density at radius 1 is 1.50 bits per heavy atom. The average molecular weight is 255 g/mol. The zero-order valence-electron chi connectivity index (χ0n) is 7.92. The molecule has 1 aromatic rings. The fraction of sp³-hybridized carbons (Fsp3) is 0.273. The van der Waals surface area contributed by atoms with Crippen molar-refractivity contribution in [1.82, 2.24) is 0 Å². The predicted molar refractivity (Wildman–Crippen MR) is 59.1 cm³/mol. The fourth-order valence-electron chi connectivity index (χ4n) is 1.25. The van der Waals surface area contributed by atoms with Gasteiger partial charge in [-0.1, -0.05) is 34.1 Å². The highest BCUT2D eigenvalue weighted by Crippen LogP contribution is 2.10. The van der Waals surface area contributed by atoms with E-state index < -0.39 is 0 Å². The number of hydrogen-bond acceptors (Lipinski definition) is 2. The Balaban J connectivity index is 2.86. The lowest BCUT2D eigenvalue weighted by Crippen LogP contribution is -2.03. The van der Waals surface area contributed by atoms with Crippen LogP contribution in [0.25, 0.3) is 0 Å². The van der Waals surface area contributed by atoms with E-state index in [-0.39, 0.29) is 5.78 Å². The van der Waals surface area contributed by atoms with Gasteiger partial charge in [0.05, 0.1) is 5.33 Å². The normalized spacial score (nSPS) is 9.86. The molecule has 0 amide bonds. The molecule has 0 atom stereocenters. The quantitative estimate of drug-likeness (QED) is 0.611. The molecule has 0 aliphatic carbocycles. The SMILES string of the molecule is Cc1cc(CC(=O)CBr)ccc1C=O. The number of alkyl halides is 1. The molecule has 74 valence electrons. The molecular formula is C11H11BrO2. The maximum absolute atomic E-state index is 11.1. The van der Waals surface area contributed by atoms with Crippen molar-refractivity contribution in [2.75, 3.05) is 5.33 Å². The van der Waals surface area contributed by atoms with E-state index in [4.69, 9.17) is 0 Å². The Bertz CT molecular complexity index is 358. The molecule has 0 aliphatic heterocycles. The molecule has 0 aromatic heterocycles. The monoisotopic (exact) mass is 254 g/mol. The van der Waals surface area contributed by atoms with E-state index in [0.717, 1.165) is 17.4 Å². The largest absolute Gasteiger partial charge is 0.298 e. The van der Waals surface area contributed by atoms with E-state index in [1.54, 1.807) is 6.07 Å². The Labute approximate surface area is 91.4 Å². The molecule has 0 aliphatic rings. The maximum atomic E-state index is 11.1. The highest BCUT2D eigenvalue weighted by atomic mass is 79.9. The van der Waals surface area contributed by atoms with E-state index in [0.29, 0.717) is 17.3 Å². The van der Waals surface area contributed by atoms with Gasteiger partial charge in [-0.25, -0.2) is 0 Å². The second-order valence-corrected chi connectivity index (χ2v) is 3.72. The van der Waals surface area contributed by atoms with Crippen LogP contribution in [-0.2, 0) is 11.2 Å². The Morgan fingerprint density at radius 2 is 2.21 bits per heavy atom.